The Labute approximate surface area is 126 Å². The summed E-state index contributed by atoms with van der Waals surface area (Å²) in [7, 11) is 2.19. The molecule has 0 aromatic carbocycles. The fraction of sp³-hybridized carbons (Fsp3) is 0.733. The molecule has 2 aliphatic rings. The van der Waals surface area contributed by atoms with Gasteiger partial charge < -0.3 is 15.6 Å². The van der Waals surface area contributed by atoms with Gasteiger partial charge in [0.1, 0.15) is 17.5 Å². The van der Waals surface area contributed by atoms with Crippen molar-refractivity contribution in [1.29, 1.82) is 0 Å². The third-order valence-corrected chi connectivity index (χ3v) is 4.72. The number of nitrogens with two attached hydrogens (primary N) is 1. The van der Waals surface area contributed by atoms with Crippen molar-refractivity contribution in [2.24, 2.45) is 11.3 Å². The highest BCUT2D eigenvalue weighted by Gasteiger charge is 2.30. The van der Waals surface area contributed by atoms with Gasteiger partial charge in [0.15, 0.2) is 0 Å². The zero-order chi connectivity index (χ0) is 14.9. The van der Waals surface area contributed by atoms with Gasteiger partial charge in [-0.1, -0.05) is 6.92 Å². The van der Waals surface area contributed by atoms with Crippen LogP contribution in [0.1, 0.15) is 44.3 Å². The van der Waals surface area contributed by atoms with Crippen LogP contribution in [0.25, 0.3) is 0 Å². The maximum Gasteiger partial charge on any atom is 0.145 e. The summed E-state index contributed by atoms with van der Waals surface area (Å²) in [5.41, 5.74) is 2.99. The highest BCUT2D eigenvalue weighted by Crippen LogP contribution is 2.39. The molecule has 1 saturated heterocycles. The number of rotatable bonds is 5. The molecule has 1 saturated carbocycles. The molecule has 1 aromatic heterocycles. The van der Waals surface area contributed by atoms with Crippen molar-refractivity contribution < 1.29 is 0 Å². The third-order valence-electron chi connectivity index (χ3n) is 4.72. The Morgan fingerprint density at radius 1 is 1.29 bits per heavy atom. The van der Waals surface area contributed by atoms with E-state index in [0.717, 1.165) is 18.2 Å². The van der Waals surface area contributed by atoms with Gasteiger partial charge >= 0.3 is 0 Å². The van der Waals surface area contributed by atoms with Crippen LogP contribution in [0.2, 0.25) is 0 Å². The minimum Gasteiger partial charge on any atom is -0.369 e. The SMILES string of the molecule is CN1CCC(C)(CNc2cc(NN)nc(C3CC3)n2)CC1. The largest absolute Gasteiger partial charge is 0.369 e. The van der Waals surface area contributed by atoms with Crippen molar-refractivity contribution in [2.45, 2.75) is 38.5 Å². The van der Waals surface area contributed by atoms with Crippen LogP contribution in [0, 0.1) is 5.41 Å². The second kappa shape index (κ2) is 5.77. The van der Waals surface area contributed by atoms with E-state index < -0.39 is 0 Å². The van der Waals surface area contributed by atoms with E-state index in [4.69, 9.17) is 5.84 Å². The van der Waals surface area contributed by atoms with E-state index in [2.05, 4.69) is 39.6 Å². The Kier molecular flexibility index (Phi) is 3.99. The van der Waals surface area contributed by atoms with Crippen LogP contribution in [0.15, 0.2) is 6.07 Å². The Morgan fingerprint density at radius 3 is 2.57 bits per heavy atom. The quantitative estimate of drug-likeness (QED) is 0.567. The minimum absolute atomic E-state index is 0.341. The van der Waals surface area contributed by atoms with E-state index in [1.54, 1.807) is 0 Å². The zero-order valence-corrected chi connectivity index (χ0v) is 13.0. The average Bonchev–Trinajstić information content (AvgIpc) is 3.33. The number of piperidine rings is 1. The highest BCUT2D eigenvalue weighted by molar-refractivity contribution is 5.47. The van der Waals surface area contributed by atoms with Gasteiger partial charge in [0.05, 0.1) is 0 Å². The lowest BCUT2D eigenvalue weighted by Crippen LogP contribution is -2.40. The summed E-state index contributed by atoms with van der Waals surface area (Å²) in [6.45, 7) is 5.65. The molecule has 1 aliphatic heterocycles. The third kappa shape index (κ3) is 3.63. The van der Waals surface area contributed by atoms with E-state index in [0.29, 0.717) is 17.2 Å². The molecule has 116 valence electrons. The lowest BCUT2D eigenvalue weighted by Gasteiger charge is -2.38. The summed E-state index contributed by atoms with van der Waals surface area (Å²) in [5, 5.41) is 3.50. The average molecular weight is 290 g/mol. The number of nitrogens with one attached hydrogen (secondary N) is 2. The van der Waals surface area contributed by atoms with Crippen LogP contribution in [0.4, 0.5) is 11.6 Å². The predicted octanol–water partition coefficient (Wildman–Crippen LogP) is 1.78. The van der Waals surface area contributed by atoms with Crippen molar-refractivity contribution in [3.8, 4) is 0 Å². The molecule has 2 heterocycles. The van der Waals surface area contributed by atoms with Crippen molar-refractivity contribution in [1.82, 2.24) is 14.9 Å². The smallest absolute Gasteiger partial charge is 0.145 e. The molecule has 6 nitrogen and oxygen atoms in total. The van der Waals surface area contributed by atoms with Crippen molar-refractivity contribution >= 4 is 11.6 Å². The number of hydrogen-bond acceptors (Lipinski definition) is 6. The second-order valence-corrected chi connectivity index (χ2v) is 6.88. The number of anilines is 2. The van der Waals surface area contributed by atoms with Crippen LogP contribution in [0.5, 0.6) is 0 Å². The molecule has 0 amide bonds. The van der Waals surface area contributed by atoms with E-state index in [9.17, 15) is 0 Å². The molecule has 3 rings (SSSR count). The first kappa shape index (κ1) is 14.5. The van der Waals surface area contributed by atoms with E-state index in [-0.39, 0.29) is 0 Å². The number of hydrazine groups is 1. The van der Waals surface area contributed by atoms with Crippen molar-refractivity contribution in [2.75, 3.05) is 37.4 Å². The van der Waals surface area contributed by atoms with Gasteiger partial charge in [-0.05, 0) is 51.2 Å². The minimum atomic E-state index is 0.341. The van der Waals surface area contributed by atoms with Gasteiger partial charge in [-0.2, -0.15) is 0 Å². The molecule has 0 atom stereocenters. The number of aromatic nitrogens is 2. The first-order valence-electron chi connectivity index (χ1n) is 7.86. The maximum absolute atomic E-state index is 5.51. The molecule has 0 radical (unpaired) electrons. The van der Waals surface area contributed by atoms with Gasteiger partial charge in [-0.25, -0.2) is 15.8 Å². The molecule has 6 heteroatoms. The van der Waals surface area contributed by atoms with E-state index in [1.165, 1.54) is 38.8 Å². The topological polar surface area (TPSA) is 79.1 Å². The number of nitrogens with zero attached hydrogens (tertiary/aromatic N) is 3. The summed E-state index contributed by atoms with van der Waals surface area (Å²) in [6.07, 6.45) is 4.83. The molecular formula is C15H26N6. The van der Waals surface area contributed by atoms with Crippen molar-refractivity contribution in [3.05, 3.63) is 11.9 Å². The maximum atomic E-state index is 5.51. The Balaban J connectivity index is 1.65. The first-order valence-corrected chi connectivity index (χ1v) is 7.86. The summed E-state index contributed by atoms with van der Waals surface area (Å²) in [4.78, 5) is 11.5. The van der Waals surface area contributed by atoms with Gasteiger partial charge in [0.2, 0.25) is 0 Å². The number of hydrogen-bond donors (Lipinski definition) is 3. The normalized spacial score (nSPS) is 22.0. The van der Waals surface area contributed by atoms with Gasteiger partial charge in [-0.3, -0.25) is 0 Å². The van der Waals surface area contributed by atoms with Crippen molar-refractivity contribution in [3.63, 3.8) is 0 Å². The number of likely N-dealkylation sites (tertiary alicyclic amines) is 1. The lowest BCUT2D eigenvalue weighted by molar-refractivity contribution is 0.150. The van der Waals surface area contributed by atoms with Gasteiger partial charge in [0.25, 0.3) is 0 Å². The second-order valence-electron chi connectivity index (χ2n) is 6.88. The zero-order valence-electron chi connectivity index (χ0n) is 13.0. The summed E-state index contributed by atoms with van der Waals surface area (Å²) in [6, 6.07) is 1.89. The predicted molar refractivity (Wildman–Crippen MR) is 85.1 cm³/mol. The van der Waals surface area contributed by atoms with Crippen LogP contribution >= 0.6 is 0 Å². The highest BCUT2D eigenvalue weighted by atomic mass is 15.3. The molecule has 0 bridgehead atoms. The molecule has 0 spiro atoms. The Morgan fingerprint density at radius 2 is 1.95 bits per heavy atom. The summed E-state index contributed by atoms with van der Waals surface area (Å²) >= 11 is 0. The summed E-state index contributed by atoms with van der Waals surface area (Å²) < 4.78 is 0. The van der Waals surface area contributed by atoms with Crippen LogP contribution in [-0.4, -0.2) is 41.5 Å². The van der Waals surface area contributed by atoms with Crippen LogP contribution < -0.4 is 16.6 Å². The molecule has 0 unspecified atom stereocenters. The standard InChI is InChI=1S/C15H26N6/c1-15(5-7-21(2)8-6-15)10-17-12-9-13(20-16)19-14(18-12)11-3-4-11/h9,11H,3-8,10,16H2,1-2H3,(H2,17,18,19,20). The Bertz CT molecular complexity index is 491. The Hall–Kier alpha value is -1.40. The van der Waals surface area contributed by atoms with Gasteiger partial charge in [-0.15, -0.1) is 0 Å². The summed E-state index contributed by atoms with van der Waals surface area (Å²) in [5.74, 6) is 8.54. The van der Waals surface area contributed by atoms with E-state index >= 15 is 0 Å². The molecule has 1 aromatic rings. The fourth-order valence-electron chi connectivity index (χ4n) is 2.79. The van der Waals surface area contributed by atoms with Gasteiger partial charge in [0, 0.05) is 18.5 Å². The molecular weight excluding hydrogens is 264 g/mol. The lowest BCUT2D eigenvalue weighted by atomic mass is 9.80. The monoisotopic (exact) mass is 290 g/mol. The molecule has 1 aliphatic carbocycles. The number of nitrogen functional groups attached to an aromatic ring is 1. The molecule has 2 fully saturated rings. The fourth-order valence-corrected chi connectivity index (χ4v) is 2.79. The molecule has 4 N–H and O–H groups in total. The first-order chi connectivity index (χ1) is 10.1. The van der Waals surface area contributed by atoms with Crippen LogP contribution in [0.3, 0.4) is 0 Å². The molecule has 21 heavy (non-hydrogen) atoms. The van der Waals surface area contributed by atoms with Crippen LogP contribution in [-0.2, 0) is 0 Å². The van der Waals surface area contributed by atoms with E-state index in [1.807, 2.05) is 6.07 Å².